The molecule has 0 aliphatic carbocycles. The Hall–Kier alpha value is -3.11. The number of benzene rings is 3. The number of rotatable bonds is 4. The van der Waals surface area contributed by atoms with Gasteiger partial charge in [-0.25, -0.2) is 0 Å². The Morgan fingerprint density at radius 2 is 1.78 bits per heavy atom. The largest absolute Gasteiger partial charge is 0.360 e. The minimum atomic E-state index is -0.239. The number of nitrogens with zero attached hydrogens (tertiary/aromatic N) is 1. The molecule has 1 heterocycles. The summed E-state index contributed by atoms with van der Waals surface area (Å²) in [5, 5.41) is 9.82. The van der Waals surface area contributed by atoms with Crippen molar-refractivity contribution in [1.29, 1.82) is 0 Å². The molecule has 0 spiro atoms. The van der Waals surface area contributed by atoms with E-state index in [0.29, 0.717) is 34.1 Å². The number of halogens is 1. The summed E-state index contributed by atoms with van der Waals surface area (Å²) in [5.74, 6) is 0.219. The normalized spacial score (nSPS) is 10.9. The van der Waals surface area contributed by atoms with Crippen molar-refractivity contribution in [1.82, 2.24) is 10.5 Å². The third-order valence-electron chi connectivity index (χ3n) is 4.54. The second kappa shape index (κ2) is 7.25. The van der Waals surface area contributed by atoms with E-state index in [1.807, 2.05) is 42.5 Å². The molecule has 0 aliphatic heterocycles. The summed E-state index contributed by atoms with van der Waals surface area (Å²) in [6, 6.07) is 21.4. The minimum Gasteiger partial charge on any atom is -0.360 e. The van der Waals surface area contributed by atoms with Crippen LogP contribution in [-0.4, -0.2) is 11.1 Å². The summed E-state index contributed by atoms with van der Waals surface area (Å²) in [7, 11) is 0. The molecule has 1 amide bonds. The van der Waals surface area contributed by atoms with Gasteiger partial charge in [-0.3, -0.25) is 4.79 Å². The SMILES string of the molecule is Cc1onc(-c2ccccc2Cl)c1C(=O)NCc1cccc2ccccc12. The lowest BCUT2D eigenvalue weighted by molar-refractivity contribution is 0.0950. The van der Waals surface area contributed by atoms with Crippen molar-refractivity contribution < 1.29 is 9.32 Å². The van der Waals surface area contributed by atoms with E-state index in [2.05, 4.69) is 28.7 Å². The first-order chi connectivity index (χ1) is 13.1. The molecular weight excluding hydrogens is 360 g/mol. The number of carbonyl (C=O) groups excluding carboxylic acids is 1. The molecule has 0 bridgehead atoms. The van der Waals surface area contributed by atoms with Crippen LogP contribution in [-0.2, 0) is 6.54 Å². The number of amides is 1. The van der Waals surface area contributed by atoms with Crippen molar-refractivity contribution in [2.75, 3.05) is 0 Å². The van der Waals surface area contributed by atoms with Crippen molar-refractivity contribution in [2.45, 2.75) is 13.5 Å². The van der Waals surface area contributed by atoms with Gasteiger partial charge in [-0.1, -0.05) is 77.4 Å². The maximum absolute atomic E-state index is 12.9. The van der Waals surface area contributed by atoms with Crippen LogP contribution in [0.25, 0.3) is 22.0 Å². The zero-order chi connectivity index (χ0) is 18.8. The monoisotopic (exact) mass is 376 g/mol. The molecule has 4 aromatic rings. The van der Waals surface area contributed by atoms with Crippen LogP contribution in [0.4, 0.5) is 0 Å². The maximum atomic E-state index is 12.9. The van der Waals surface area contributed by atoms with Gasteiger partial charge in [-0.05, 0) is 29.3 Å². The first-order valence-electron chi connectivity index (χ1n) is 8.61. The smallest absolute Gasteiger partial charge is 0.257 e. The van der Waals surface area contributed by atoms with Gasteiger partial charge in [0.15, 0.2) is 0 Å². The second-order valence-corrected chi connectivity index (χ2v) is 6.67. The number of aryl methyl sites for hydroxylation is 1. The van der Waals surface area contributed by atoms with Gasteiger partial charge in [0.2, 0.25) is 0 Å². The molecule has 27 heavy (non-hydrogen) atoms. The number of aromatic nitrogens is 1. The average molecular weight is 377 g/mol. The third kappa shape index (κ3) is 3.32. The van der Waals surface area contributed by atoms with Crippen molar-refractivity contribution in [3.05, 3.63) is 88.6 Å². The molecule has 5 heteroatoms. The summed E-state index contributed by atoms with van der Waals surface area (Å²) in [4.78, 5) is 12.9. The Morgan fingerprint density at radius 1 is 1.04 bits per heavy atom. The molecular formula is C22H17ClN2O2. The van der Waals surface area contributed by atoms with E-state index in [0.717, 1.165) is 16.3 Å². The molecule has 4 rings (SSSR count). The van der Waals surface area contributed by atoms with E-state index in [1.54, 1.807) is 13.0 Å². The average Bonchev–Trinajstić information content (AvgIpc) is 3.07. The maximum Gasteiger partial charge on any atom is 0.257 e. The summed E-state index contributed by atoms with van der Waals surface area (Å²) in [6.07, 6.45) is 0. The van der Waals surface area contributed by atoms with Gasteiger partial charge in [-0.2, -0.15) is 0 Å². The highest BCUT2D eigenvalue weighted by Crippen LogP contribution is 2.31. The third-order valence-corrected chi connectivity index (χ3v) is 4.87. The Bertz CT molecular complexity index is 1130. The van der Waals surface area contributed by atoms with E-state index in [1.165, 1.54) is 0 Å². The molecule has 0 saturated heterocycles. The zero-order valence-electron chi connectivity index (χ0n) is 14.7. The summed E-state index contributed by atoms with van der Waals surface area (Å²) >= 11 is 6.27. The Kier molecular flexibility index (Phi) is 4.65. The molecule has 0 saturated carbocycles. The fourth-order valence-electron chi connectivity index (χ4n) is 3.19. The van der Waals surface area contributed by atoms with Gasteiger partial charge in [0.25, 0.3) is 5.91 Å². The van der Waals surface area contributed by atoms with Gasteiger partial charge in [-0.15, -0.1) is 0 Å². The molecule has 0 unspecified atom stereocenters. The lowest BCUT2D eigenvalue weighted by atomic mass is 10.0. The van der Waals surface area contributed by atoms with E-state index in [4.69, 9.17) is 16.1 Å². The number of nitrogens with one attached hydrogen (secondary N) is 1. The predicted octanol–water partition coefficient (Wildman–Crippen LogP) is 5.39. The predicted molar refractivity (Wildman–Crippen MR) is 107 cm³/mol. The number of hydrogen-bond donors (Lipinski definition) is 1. The van der Waals surface area contributed by atoms with Crippen LogP contribution in [0, 0.1) is 6.92 Å². The Labute approximate surface area is 161 Å². The molecule has 134 valence electrons. The quantitative estimate of drug-likeness (QED) is 0.519. The van der Waals surface area contributed by atoms with E-state index in [9.17, 15) is 4.79 Å². The molecule has 0 fully saturated rings. The number of hydrogen-bond acceptors (Lipinski definition) is 3. The van der Waals surface area contributed by atoms with Crippen LogP contribution in [0.15, 0.2) is 71.3 Å². The Morgan fingerprint density at radius 3 is 2.63 bits per heavy atom. The van der Waals surface area contributed by atoms with Gasteiger partial charge < -0.3 is 9.84 Å². The summed E-state index contributed by atoms with van der Waals surface area (Å²) in [5.41, 5.74) is 2.58. The first-order valence-corrected chi connectivity index (χ1v) is 8.99. The standard InChI is InChI=1S/C22H17ClN2O2/c1-14-20(21(25-27-14)18-11-4-5-12-19(18)23)22(26)24-13-16-9-6-8-15-7-2-3-10-17(15)16/h2-12H,13H2,1H3,(H,24,26). The highest BCUT2D eigenvalue weighted by molar-refractivity contribution is 6.33. The van der Waals surface area contributed by atoms with Crippen molar-refractivity contribution in [3.8, 4) is 11.3 Å². The highest BCUT2D eigenvalue weighted by Gasteiger charge is 2.22. The van der Waals surface area contributed by atoms with Gasteiger partial charge in [0, 0.05) is 12.1 Å². The zero-order valence-corrected chi connectivity index (χ0v) is 15.5. The first kappa shape index (κ1) is 17.3. The molecule has 1 aromatic heterocycles. The van der Waals surface area contributed by atoms with Gasteiger partial charge in [0.1, 0.15) is 17.0 Å². The van der Waals surface area contributed by atoms with E-state index in [-0.39, 0.29) is 5.91 Å². The fourth-order valence-corrected chi connectivity index (χ4v) is 3.41. The molecule has 0 radical (unpaired) electrons. The lowest BCUT2D eigenvalue weighted by Crippen LogP contribution is -2.23. The second-order valence-electron chi connectivity index (χ2n) is 6.26. The van der Waals surface area contributed by atoms with Crippen molar-refractivity contribution in [3.63, 3.8) is 0 Å². The van der Waals surface area contributed by atoms with Crippen LogP contribution in [0.1, 0.15) is 21.7 Å². The molecule has 4 nitrogen and oxygen atoms in total. The Balaban J connectivity index is 1.63. The summed E-state index contributed by atoms with van der Waals surface area (Å²) < 4.78 is 5.28. The number of fused-ring (bicyclic) bond motifs is 1. The number of carbonyl (C=O) groups is 1. The minimum absolute atomic E-state index is 0.239. The van der Waals surface area contributed by atoms with Crippen LogP contribution >= 0.6 is 11.6 Å². The van der Waals surface area contributed by atoms with Crippen LogP contribution in [0.2, 0.25) is 5.02 Å². The molecule has 1 N–H and O–H groups in total. The van der Waals surface area contributed by atoms with E-state index >= 15 is 0 Å². The van der Waals surface area contributed by atoms with E-state index < -0.39 is 0 Å². The highest BCUT2D eigenvalue weighted by atomic mass is 35.5. The van der Waals surface area contributed by atoms with Crippen LogP contribution < -0.4 is 5.32 Å². The van der Waals surface area contributed by atoms with Gasteiger partial charge in [0.05, 0.1) is 5.02 Å². The van der Waals surface area contributed by atoms with Crippen LogP contribution in [0.3, 0.4) is 0 Å². The fraction of sp³-hybridized carbons (Fsp3) is 0.0909. The van der Waals surface area contributed by atoms with Gasteiger partial charge >= 0.3 is 0 Å². The molecule has 0 aliphatic rings. The van der Waals surface area contributed by atoms with Crippen molar-refractivity contribution in [2.24, 2.45) is 0 Å². The summed E-state index contributed by atoms with van der Waals surface area (Å²) in [6.45, 7) is 2.13. The molecule has 0 atom stereocenters. The van der Waals surface area contributed by atoms with Crippen molar-refractivity contribution >= 4 is 28.3 Å². The molecule has 3 aromatic carbocycles. The topological polar surface area (TPSA) is 55.1 Å². The lowest BCUT2D eigenvalue weighted by Gasteiger charge is -2.09. The van der Waals surface area contributed by atoms with Crippen LogP contribution in [0.5, 0.6) is 0 Å².